The summed E-state index contributed by atoms with van der Waals surface area (Å²) in [5, 5.41) is 20.8. The third-order valence-corrected chi connectivity index (χ3v) is 10.6. The van der Waals surface area contributed by atoms with Gasteiger partial charge in [-0.25, -0.2) is 4.79 Å². The van der Waals surface area contributed by atoms with Crippen LogP contribution >= 0.6 is 0 Å². The molecule has 2 aromatic heterocycles. The number of carbonyl (C=O) groups is 2. The van der Waals surface area contributed by atoms with E-state index >= 15 is 0 Å². The molecule has 6 unspecified atom stereocenters. The Bertz CT molecular complexity index is 2080. The van der Waals surface area contributed by atoms with Crippen molar-refractivity contribution < 1.29 is 28.9 Å². The monoisotopic (exact) mass is 609 g/mol. The molecule has 5 aromatic rings. The number of benzene rings is 3. The van der Waals surface area contributed by atoms with Gasteiger partial charge in [-0.05, 0) is 38.4 Å². The highest BCUT2D eigenvalue weighted by Crippen LogP contribution is 2.55. The van der Waals surface area contributed by atoms with Crippen LogP contribution in [-0.4, -0.2) is 76.6 Å². The first-order chi connectivity index (χ1) is 21.8. The topological polar surface area (TPSA) is 119 Å². The van der Waals surface area contributed by atoms with Gasteiger partial charge in [-0.3, -0.25) is 4.79 Å². The van der Waals surface area contributed by atoms with E-state index < -0.39 is 30.3 Å². The summed E-state index contributed by atoms with van der Waals surface area (Å²) in [6.45, 7) is 3.59. The lowest BCUT2D eigenvalue weighted by Gasteiger charge is -2.50. The number of amides is 2. The number of likely N-dealkylation sites (N-methyl/N-ethyl adjacent to an activating group) is 1. The molecule has 4 aliphatic heterocycles. The lowest BCUT2D eigenvalue weighted by molar-refractivity contribution is -0.265. The number of methoxy groups -OCH3 is 1. The van der Waals surface area contributed by atoms with Gasteiger partial charge in [0.1, 0.15) is 18.4 Å². The lowest BCUT2D eigenvalue weighted by atomic mass is 9.92. The number of aliphatic hydroxyl groups is 1. The van der Waals surface area contributed by atoms with Crippen molar-refractivity contribution in [3.63, 3.8) is 0 Å². The van der Waals surface area contributed by atoms with Crippen LogP contribution in [0.25, 0.3) is 43.6 Å². The molecule has 4 aliphatic rings. The number of aromatic nitrogens is 2. The first-order valence-corrected chi connectivity index (χ1v) is 15.7. The van der Waals surface area contributed by atoms with E-state index in [4.69, 9.17) is 14.2 Å². The van der Waals surface area contributed by atoms with E-state index in [-0.39, 0.29) is 18.1 Å². The Kier molecular flexibility index (Phi) is 5.69. The van der Waals surface area contributed by atoms with Gasteiger partial charge in [0.05, 0.1) is 33.7 Å². The highest BCUT2D eigenvalue weighted by Gasteiger charge is 2.55. The third kappa shape index (κ3) is 3.44. The summed E-state index contributed by atoms with van der Waals surface area (Å²) in [6, 6.07) is 15.6. The first kappa shape index (κ1) is 27.2. The van der Waals surface area contributed by atoms with Crippen molar-refractivity contribution in [1.82, 2.24) is 24.7 Å². The SMILES string of the molecule is COC1C(N(C)C(=O)OC2CCCNC2)CC2OC1(C)n1c3ccccc3c3c4c(c5c6ccccc6n2c5c31)C(=O)NC4O. The number of ether oxygens (including phenoxy) is 3. The molecule has 2 bridgehead atoms. The standard InChI is InChI=1S/C34H35N5O6/c1-34-30(43-3)22(37(2)33(42)44-17-9-8-14-35-16-17)15-23(45-34)38-20-12-6-4-10-18(20)24-26-27(32(41)36-31(26)40)25-19-11-5-7-13-21(19)39(34)29(25)28(24)38/h4-7,10-13,17,22-23,30,32,35,41H,8-9,14-16H2,1-3H3,(H,36,40). The smallest absolute Gasteiger partial charge is 0.410 e. The molecule has 3 aromatic carbocycles. The highest BCUT2D eigenvalue weighted by atomic mass is 16.6. The van der Waals surface area contributed by atoms with Gasteiger partial charge in [-0.2, -0.15) is 0 Å². The molecule has 0 spiro atoms. The Morgan fingerprint density at radius 2 is 1.82 bits per heavy atom. The van der Waals surface area contributed by atoms with E-state index in [9.17, 15) is 14.7 Å². The number of nitrogens with one attached hydrogen (secondary N) is 2. The zero-order chi connectivity index (χ0) is 30.8. The molecule has 6 heterocycles. The lowest BCUT2D eigenvalue weighted by Crippen LogP contribution is -2.61. The minimum atomic E-state index is -1.16. The second-order valence-corrected chi connectivity index (χ2v) is 12.9. The van der Waals surface area contributed by atoms with Crippen LogP contribution in [0.5, 0.6) is 0 Å². The van der Waals surface area contributed by atoms with Gasteiger partial charge >= 0.3 is 6.09 Å². The molecule has 45 heavy (non-hydrogen) atoms. The van der Waals surface area contributed by atoms with Gasteiger partial charge < -0.3 is 44.0 Å². The summed E-state index contributed by atoms with van der Waals surface area (Å²) in [7, 11) is 3.44. The van der Waals surface area contributed by atoms with Crippen LogP contribution in [0.4, 0.5) is 4.79 Å². The minimum absolute atomic E-state index is 0.183. The van der Waals surface area contributed by atoms with Crippen molar-refractivity contribution in [3.8, 4) is 0 Å². The van der Waals surface area contributed by atoms with Gasteiger partial charge in [0.25, 0.3) is 5.91 Å². The minimum Gasteiger partial charge on any atom is -0.445 e. The van der Waals surface area contributed by atoms with E-state index in [0.717, 1.165) is 63.0 Å². The molecular weight excluding hydrogens is 574 g/mol. The number of rotatable bonds is 3. The van der Waals surface area contributed by atoms with Crippen LogP contribution < -0.4 is 10.6 Å². The van der Waals surface area contributed by atoms with Crippen LogP contribution in [0.3, 0.4) is 0 Å². The van der Waals surface area contributed by atoms with Gasteiger partial charge in [-0.15, -0.1) is 0 Å². The van der Waals surface area contributed by atoms with Crippen molar-refractivity contribution in [3.05, 3.63) is 59.7 Å². The molecule has 9 rings (SSSR count). The van der Waals surface area contributed by atoms with Crippen molar-refractivity contribution in [2.24, 2.45) is 0 Å². The van der Waals surface area contributed by atoms with Crippen molar-refractivity contribution >= 4 is 55.6 Å². The Morgan fingerprint density at radius 1 is 1.09 bits per heavy atom. The van der Waals surface area contributed by atoms with Crippen molar-refractivity contribution in [2.75, 3.05) is 27.2 Å². The summed E-state index contributed by atoms with van der Waals surface area (Å²) in [5.41, 5.74) is 3.51. The average Bonchev–Trinajstić information content (AvgIpc) is 3.65. The van der Waals surface area contributed by atoms with Crippen LogP contribution in [-0.2, 0) is 19.9 Å². The van der Waals surface area contributed by atoms with Gasteiger partial charge in [0, 0.05) is 54.2 Å². The molecular formula is C34H35N5O6. The molecule has 0 aliphatic carbocycles. The number of hydrogen-bond donors (Lipinski definition) is 3. The fourth-order valence-corrected chi connectivity index (χ4v) is 8.72. The molecule has 2 saturated heterocycles. The van der Waals surface area contributed by atoms with E-state index in [1.54, 1.807) is 19.1 Å². The molecule has 6 atom stereocenters. The summed E-state index contributed by atoms with van der Waals surface area (Å²) in [4.78, 5) is 29.0. The van der Waals surface area contributed by atoms with Crippen LogP contribution in [0.2, 0.25) is 0 Å². The Labute approximate surface area is 258 Å². The number of carbonyl (C=O) groups excluding carboxylic acids is 2. The van der Waals surface area contributed by atoms with Gasteiger partial charge in [0.2, 0.25) is 0 Å². The zero-order valence-electron chi connectivity index (χ0n) is 25.4. The molecule has 232 valence electrons. The second kappa shape index (κ2) is 9.43. The summed E-state index contributed by atoms with van der Waals surface area (Å²) < 4.78 is 23.9. The molecule has 11 nitrogen and oxygen atoms in total. The number of aliphatic hydroxyl groups excluding tert-OH is 1. The van der Waals surface area contributed by atoms with Crippen molar-refractivity contribution in [1.29, 1.82) is 0 Å². The second-order valence-electron chi connectivity index (χ2n) is 12.9. The Hall–Kier alpha value is -4.16. The highest BCUT2D eigenvalue weighted by molar-refractivity contribution is 6.31. The molecule has 0 radical (unpaired) electrons. The number of fused-ring (bicyclic) bond motifs is 13. The Balaban J connectivity index is 1.36. The summed E-state index contributed by atoms with van der Waals surface area (Å²) in [5.74, 6) is -0.300. The fourth-order valence-electron chi connectivity index (χ4n) is 8.72. The van der Waals surface area contributed by atoms with E-state index in [2.05, 4.69) is 19.8 Å². The summed E-state index contributed by atoms with van der Waals surface area (Å²) >= 11 is 0. The third-order valence-electron chi connectivity index (χ3n) is 10.6. The normalized spacial score (nSPS) is 29.0. The predicted molar refractivity (Wildman–Crippen MR) is 168 cm³/mol. The number of piperidine rings is 1. The molecule has 11 heteroatoms. The van der Waals surface area contributed by atoms with Gasteiger partial charge in [0.15, 0.2) is 12.0 Å². The van der Waals surface area contributed by atoms with E-state index in [1.165, 1.54) is 0 Å². The predicted octanol–water partition coefficient (Wildman–Crippen LogP) is 4.45. The quantitative estimate of drug-likeness (QED) is 0.277. The maximum atomic E-state index is 13.7. The van der Waals surface area contributed by atoms with Crippen molar-refractivity contribution in [2.45, 2.75) is 62.6 Å². The molecule has 3 N–H and O–H groups in total. The molecule has 0 saturated carbocycles. The zero-order valence-corrected chi connectivity index (χ0v) is 25.4. The number of nitrogens with zero attached hydrogens (tertiary/aromatic N) is 3. The summed E-state index contributed by atoms with van der Waals surface area (Å²) in [6.07, 6.45) is -0.593. The maximum Gasteiger partial charge on any atom is 0.410 e. The van der Waals surface area contributed by atoms with Gasteiger partial charge in [-0.1, -0.05) is 36.4 Å². The average molecular weight is 610 g/mol. The van der Waals surface area contributed by atoms with Crippen LogP contribution in [0.15, 0.2) is 48.5 Å². The Morgan fingerprint density at radius 3 is 2.56 bits per heavy atom. The van der Waals surface area contributed by atoms with Crippen LogP contribution in [0, 0.1) is 0 Å². The van der Waals surface area contributed by atoms with Crippen LogP contribution in [0.1, 0.15) is 54.6 Å². The first-order valence-electron chi connectivity index (χ1n) is 15.7. The molecule has 2 amide bonds. The number of hydrogen-bond acceptors (Lipinski definition) is 7. The largest absolute Gasteiger partial charge is 0.445 e. The van der Waals surface area contributed by atoms with E-state index in [0.29, 0.717) is 24.1 Å². The fraction of sp³-hybridized carbons (Fsp3) is 0.412. The molecule has 2 fully saturated rings. The number of para-hydroxylation sites is 2. The maximum absolute atomic E-state index is 13.7. The van der Waals surface area contributed by atoms with E-state index in [1.807, 2.05) is 55.5 Å².